The van der Waals surface area contributed by atoms with Gasteiger partial charge < -0.3 is 8.83 Å². The second-order valence-corrected chi connectivity index (χ2v) is 12.6. The van der Waals surface area contributed by atoms with E-state index in [4.69, 9.17) is 13.8 Å². The molecule has 0 saturated heterocycles. The van der Waals surface area contributed by atoms with Gasteiger partial charge in [0.15, 0.2) is 11.4 Å². The first-order chi connectivity index (χ1) is 21.5. The maximum absolute atomic E-state index is 14.7. The van der Waals surface area contributed by atoms with E-state index in [0.717, 1.165) is 10.6 Å². The fourth-order valence-electron chi connectivity index (χ4n) is 5.60. The molecule has 0 spiro atoms. The van der Waals surface area contributed by atoms with Gasteiger partial charge in [0.05, 0.1) is 34.2 Å². The number of ketones is 1. The van der Waals surface area contributed by atoms with Crippen LogP contribution in [-0.4, -0.2) is 36.9 Å². The van der Waals surface area contributed by atoms with Crippen LogP contribution >= 0.6 is 0 Å². The van der Waals surface area contributed by atoms with E-state index < -0.39 is 27.4 Å². The van der Waals surface area contributed by atoms with E-state index in [9.17, 15) is 26.8 Å². The Bertz CT molecular complexity index is 2530. The fraction of sp³-hybridized carbons (Fsp3) is 0.121. The number of anilines is 1. The van der Waals surface area contributed by atoms with E-state index in [1.807, 2.05) is 0 Å². The third-order valence-electron chi connectivity index (χ3n) is 7.90. The SMILES string of the molecule is CCC(=O)c1c(-c2ccc(F)cc2)oc2cc(N(C)S(C)(=O)=O)c(-c3ccc4oc(=O)n5c6cccc(F)c6cc5c4n3)cc12. The zero-order valence-corrected chi connectivity index (χ0v) is 24.9. The quantitative estimate of drug-likeness (QED) is 0.184. The van der Waals surface area contributed by atoms with Gasteiger partial charge in [-0.05, 0) is 60.7 Å². The molecule has 3 aromatic carbocycles. The van der Waals surface area contributed by atoms with Crippen molar-refractivity contribution in [3.63, 3.8) is 0 Å². The van der Waals surface area contributed by atoms with E-state index in [1.165, 1.54) is 66.0 Å². The average molecular weight is 628 g/mol. The number of halogens is 2. The lowest BCUT2D eigenvalue weighted by Gasteiger charge is -2.20. The fourth-order valence-corrected chi connectivity index (χ4v) is 6.11. The van der Waals surface area contributed by atoms with Crippen molar-refractivity contribution in [2.24, 2.45) is 0 Å². The summed E-state index contributed by atoms with van der Waals surface area (Å²) in [6.45, 7) is 1.70. The number of aromatic nitrogens is 2. The van der Waals surface area contributed by atoms with Crippen LogP contribution in [0.4, 0.5) is 14.5 Å². The highest BCUT2D eigenvalue weighted by molar-refractivity contribution is 7.92. The minimum atomic E-state index is -3.79. The molecule has 0 aliphatic carbocycles. The van der Waals surface area contributed by atoms with Gasteiger partial charge in [0.1, 0.15) is 28.5 Å². The van der Waals surface area contributed by atoms with Crippen molar-refractivity contribution >= 4 is 60.0 Å². The van der Waals surface area contributed by atoms with Crippen molar-refractivity contribution in [1.82, 2.24) is 9.38 Å². The number of hydrogen-bond acceptors (Lipinski definition) is 7. The Kier molecular flexibility index (Phi) is 6.37. The molecule has 0 aliphatic heterocycles. The molecule has 0 aliphatic rings. The summed E-state index contributed by atoms with van der Waals surface area (Å²) in [6.07, 6.45) is 1.19. The number of rotatable bonds is 6. The van der Waals surface area contributed by atoms with E-state index in [2.05, 4.69) is 0 Å². The highest BCUT2D eigenvalue weighted by Crippen LogP contribution is 2.42. The minimum absolute atomic E-state index is 0.141. The van der Waals surface area contributed by atoms with Gasteiger partial charge in [-0.1, -0.05) is 13.0 Å². The first-order valence-electron chi connectivity index (χ1n) is 13.8. The Morgan fingerprint density at radius 1 is 0.933 bits per heavy atom. The predicted molar refractivity (Wildman–Crippen MR) is 167 cm³/mol. The Balaban J connectivity index is 1.56. The Morgan fingerprint density at radius 2 is 1.69 bits per heavy atom. The van der Waals surface area contributed by atoms with Gasteiger partial charge in [0.25, 0.3) is 0 Å². The van der Waals surface area contributed by atoms with Crippen molar-refractivity contribution in [3.05, 3.63) is 101 Å². The van der Waals surface area contributed by atoms with Crippen molar-refractivity contribution in [1.29, 1.82) is 0 Å². The van der Waals surface area contributed by atoms with Gasteiger partial charge in [-0.25, -0.2) is 31.4 Å². The van der Waals surface area contributed by atoms with E-state index >= 15 is 0 Å². The smallest absolute Gasteiger partial charge is 0.424 e. The molecule has 4 aromatic heterocycles. The zero-order chi connectivity index (χ0) is 31.8. The molecule has 4 heterocycles. The van der Waals surface area contributed by atoms with Gasteiger partial charge in [-0.2, -0.15) is 0 Å². The molecule has 0 saturated carbocycles. The molecule has 0 atom stereocenters. The lowest BCUT2D eigenvalue weighted by Crippen LogP contribution is -2.25. The van der Waals surface area contributed by atoms with Crippen molar-refractivity contribution in [2.75, 3.05) is 17.6 Å². The Hall–Kier alpha value is -5.36. The topological polar surface area (TPSA) is 115 Å². The lowest BCUT2D eigenvalue weighted by molar-refractivity contribution is 0.0989. The monoisotopic (exact) mass is 627 g/mol. The molecule has 0 radical (unpaired) electrons. The van der Waals surface area contributed by atoms with E-state index in [-0.39, 0.29) is 57.0 Å². The number of hydrogen-bond donors (Lipinski definition) is 0. The van der Waals surface area contributed by atoms with Crippen molar-refractivity contribution in [3.8, 4) is 22.6 Å². The average Bonchev–Trinajstić information content (AvgIpc) is 3.60. The van der Waals surface area contributed by atoms with Gasteiger partial charge in [0.2, 0.25) is 10.0 Å². The second kappa shape index (κ2) is 10.1. The summed E-state index contributed by atoms with van der Waals surface area (Å²) >= 11 is 0. The molecule has 0 unspecified atom stereocenters. The number of fused-ring (bicyclic) bond motifs is 6. The molecule has 0 fully saturated rings. The Labute approximate surface area is 254 Å². The third-order valence-corrected chi connectivity index (χ3v) is 9.09. The molecule has 12 heteroatoms. The Morgan fingerprint density at radius 3 is 2.40 bits per heavy atom. The van der Waals surface area contributed by atoms with Gasteiger partial charge in [-0.3, -0.25) is 9.10 Å². The van der Waals surface area contributed by atoms with Crippen molar-refractivity contribution in [2.45, 2.75) is 13.3 Å². The first kappa shape index (κ1) is 28.4. The van der Waals surface area contributed by atoms with Gasteiger partial charge in [-0.15, -0.1) is 0 Å². The first-order valence-corrected chi connectivity index (χ1v) is 15.7. The number of nitrogens with zero attached hydrogens (tertiary/aromatic N) is 3. The van der Waals surface area contributed by atoms with E-state index in [0.29, 0.717) is 27.5 Å². The van der Waals surface area contributed by atoms with Crippen LogP contribution in [-0.2, 0) is 10.0 Å². The molecule has 7 rings (SSSR count). The predicted octanol–water partition coefficient (Wildman–Crippen LogP) is 6.94. The van der Waals surface area contributed by atoms with Crippen LogP contribution in [0.15, 0.2) is 86.4 Å². The standard InChI is InChI=1S/C33H23F2N3O6S/c1-4-27(39)30-21-14-20(25(37(2)45(3,41)42)16-29(21)43-32(30)17-8-10-18(34)11-9-17)23-12-13-28-31(36-23)26-15-19-22(35)6-5-7-24(19)38(26)33(40)44-28/h5-16H,4H2,1-3H3. The summed E-state index contributed by atoms with van der Waals surface area (Å²) in [4.78, 5) is 31.0. The van der Waals surface area contributed by atoms with Crippen LogP contribution in [0.2, 0.25) is 0 Å². The van der Waals surface area contributed by atoms with Crippen LogP contribution in [0.3, 0.4) is 0 Å². The number of furan rings is 1. The van der Waals surface area contributed by atoms with Crippen LogP contribution in [0.5, 0.6) is 0 Å². The normalized spacial score (nSPS) is 12.1. The van der Waals surface area contributed by atoms with Gasteiger partial charge >= 0.3 is 5.76 Å². The summed E-state index contributed by atoms with van der Waals surface area (Å²) in [5, 5.41) is 0.613. The van der Waals surface area contributed by atoms with Crippen LogP contribution in [0.1, 0.15) is 23.7 Å². The molecule has 7 aromatic rings. The summed E-state index contributed by atoms with van der Waals surface area (Å²) < 4.78 is 68.0. The summed E-state index contributed by atoms with van der Waals surface area (Å²) in [5.74, 6) is -1.71. The number of sulfonamides is 1. The molecule has 226 valence electrons. The summed E-state index contributed by atoms with van der Waals surface area (Å²) in [5.41, 5.74) is 2.77. The van der Waals surface area contributed by atoms with Gasteiger partial charge in [0, 0.05) is 41.4 Å². The second-order valence-electron chi connectivity index (χ2n) is 10.6. The van der Waals surface area contributed by atoms with Crippen molar-refractivity contribution < 1.29 is 30.8 Å². The van der Waals surface area contributed by atoms with Crippen LogP contribution in [0, 0.1) is 11.6 Å². The molecule has 0 bridgehead atoms. The molecule has 0 amide bonds. The molecule has 0 N–H and O–H groups in total. The van der Waals surface area contributed by atoms with Crippen LogP contribution < -0.4 is 10.1 Å². The summed E-state index contributed by atoms with van der Waals surface area (Å²) in [6, 6.07) is 17.6. The molecule has 9 nitrogen and oxygen atoms in total. The van der Waals surface area contributed by atoms with E-state index in [1.54, 1.807) is 25.1 Å². The third kappa shape index (κ3) is 4.48. The maximum Gasteiger partial charge on any atom is 0.424 e. The number of carbonyl (C=O) groups excluding carboxylic acids is 1. The van der Waals surface area contributed by atoms with Crippen LogP contribution in [0.25, 0.3) is 61.1 Å². The zero-order valence-electron chi connectivity index (χ0n) is 24.1. The number of Topliss-reactive ketones (excluding diaryl/α,β-unsaturated/α-hetero) is 1. The minimum Gasteiger partial charge on any atom is -0.455 e. The summed E-state index contributed by atoms with van der Waals surface area (Å²) in [7, 11) is -2.41. The largest absolute Gasteiger partial charge is 0.455 e. The number of benzene rings is 3. The maximum atomic E-state index is 14.7. The lowest BCUT2D eigenvalue weighted by atomic mass is 9.98. The molecular formula is C33H23F2N3O6S. The number of carbonyl (C=O) groups is 1. The molecular weight excluding hydrogens is 604 g/mol. The molecule has 45 heavy (non-hydrogen) atoms. The highest BCUT2D eigenvalue weighted by Gasteiger charge is 2.26. The highest BCUT2D eigenvalue weighted by atomic mass is 32.2. The number of pyridine rings is 1.